The third kappa shape index (κ3) is 2.82. The minimum Gasteiger partial charge on any atom is -0.480 e. The SMILES string of the molecule is CC(N)C(C)C(=O)N1C(C(=O)O)CCC2CCCCC21. The second kappa shape index (κ2) is 6.12. The molecule has 2 rings (SSSR count). The molecule has 5 nitrogen and oxygen atoms in total. The van der Waals surface area contributed by atoms with E-state index in [-0.39, 0.29) is 23.9 Å². The Hall–Kier alpha value is -1.10. The molecule has 1 saturated carbocycles. The van der Waals surface area contributed by atoms with Crippen molar-refractivity contribution in [2.24, 2.45) is 17.6 Å². The predicted octanol–water partition coefficient (Wildman–Crippen LogP) is 1.60. The van der Waals surface area contributed by atoms with Gasteiger partial charge < -0.3 is 15.7 Å². The van der Waals surface area contributed by atoms with Crippen molar-refractivity contribution in [3.63, 3.8) is 0 Å². The molecule has 1 amide bonds. The van der Waals surface area contributed by atoms with Gasteiger partial charge in [0, 0.05) is 12.1 Å². The van der Waals surface area contributed by atoms with Crippen LogP contribution in [-0.4, -0.2) is 40.0 Å². The molecule has 0 aromatic heterocycles. The lowest BCUT2D eigenvalue weighted by Crippen LogP contribution is -2.59. The third-order valence-electron chi connectivity index (χ3n) is 5.09. The Morgan fingerprint density at radius 2 is 1.80 bits per heavy atom. The summed E-state index contributed by atoms with van der Waals surface area (Å²) in [5.41, 5.74) is 5.84. The number of carbonyl (C=O) groups excluding carboxylic acids is 1. The zero-order chi connectivity index (χ0) is 14.9. The van der Waals surface area contributed by atoms with E-state index in [1.165, 1.54) is 6.42 Å². The summed E-state index contributed by atoms with van der Waals surface area (Å²) in [6, 6.07) is -0.809. The normalized spacial score (nSPS) is 33.1. The molecule has 1 saturated heterocycles. The molecule has 1 aliphatic carbocycles. The van der Waals surface area contributed by atoms with Gasteiger partial charge in [-0.15, -0.1) is 0 Å². The van der Waals surface area contributed by atoms with E-state index in [1.807, 2.05) is 0 Å². The predicted molar refractivity (Wildman–Crippen MR) is 76.1 cm³/mol. The maximum atomic E-state index is 12.7. The Morgan fingerprint density at radius 3 is 2.40 bits per heavy atom. The summed E-state index contributed by atoms with van der Waals surface area (Å²) in [5, 5.41) is 9.44. The Balaban J connectivity index is 2.25. The summed E-state index contributed by atoms with van der Waals surface area (Å²) in [6.45, 7) is 3.61. The van der Waals surface area contributed by atoms with Crippen LogP contribution in [0.4, 0.5) is 0 Å². The van der Waals surface area contributed by atoms with Crippen LogP contribution < -0.4 is 5.73 Å². The van der Waals surface area contributed by atoms with E-state index in [1.54, 1.807) is 18.7 Å². The average Bonchev–Trinajstić information content (AvgIpc) is 2.44. The minimum atomic E-state index is -0.876. The van der Waals surface area contributed by atoms with Crippen molar-refractivity contribution in [1.29, 1.82) is 0 Å². The van der Waals surface area contributed by atoms with E-state index in [0.29, 0.717) is 12.3 Å². The number of nitrogens with two attached hydrogens (primary N) is 1. The van der Waals surface area contributed by atoms with E-state index in [2.05, 4.69) is 0 Å². The van der Waals surface area contributed by atoms with E-state index >= 15 is 0 Å². The molecule has 0 spiro atoms. The van der Waals surface area contributed by atoms with Gasteiger partial charge in [-0.1, -0.05) is 19.8 Å². The van der Waals surface area contributed by atoms with Crippen molar-refractivity contribution in [3.05, 3.63) is 0 Å². The van der Waals surface area contributed by atoms with Gasteiger partial charge >= 0.3 is 5.97 Å². The van der Waals surface area contributed by atoms with Crippen molar-refractivity contribution < 1.29 is 14.7 Å². The highest BCUT2D eigenvalue weighted by Gasteiger charge is 2.44. The van der Waals surface area contributed by atoms with Crippen LogP contribution in [0.1, 0.15) is 52.4 Å². The minimum absolute atomic E-state index is 0.0796. The van der Waals surface area contributed by atoms with Gasteiger partial charge in [0.15, 0.2) is 0 Å². The number of nitrogens with zero attached hydrogens (tertiary/aromatic N) is 1. The van der Waals surface area contributed by atoms with Crippen molar-refractivity contribution in [1.82, 2.24) is 4.90 Å². The highest BCUT2D eigenvalue weighted by molar-refractivity contribution is 5.86. The summed E-state index contributed by atoms with van der Waals surface area (Å²) < 4.78 is 0. The molecule has 5 unspecified atom stereocenters. The first-order valence-corrected chi connectivity index (χ1v) is 7.74. The Bertz CT molecular complexity index is 383. The number of amides is 1. The lowest BCUT2D eigenvalue weighted by molar-refractivity contribution is -0.160. The molecule has 114 valence electrons. The number of rotatable bonds is 3. The van der Waals surface area contributed by atoms with Crippen molar-refractivity contribution in [2.45, 2.75) is 70.5 Å². The van der Waals surface area contributed by atoms with Gasteiger partial charge in [0.2, 0.25) is 5.91 Å². The van der Waals surface area contributed by atoms with Crippen LogP contribution >= 0.6 is 0 Å². The molecule has 0 bridgehead atoms. The molecule has 1 aliphatic heterocycles. The van der Waals surface area contributed by atoms with Crippen LogP contribution in [0, 0.1) is 11.8 Å². The fourth-order valence-corrected chi connectivity index (χ4v) is 3.65. The largest absolute Gasteiger partial charge is 0.480 e. The van der Waals surface area contributed by atoms with Crippen molar-refractivity contribution in [3.8, 4) is 0 Å². The highest BCUT2D eigenvalue weighted by Crippen LogP contribution is 2.38. The maximum absolute atomic E-state index is 12.7. The zero-order valence-electron chi connectivity index (χ0n) is 12.4. The lowest BCUT2D eigenvalue weighted by Gasteiger charge is -2.48. The molecule has 20 heavy (non-hydrogen) atoms. The fraction of sp³-hybridized carbons (Fsp3) is 0.867. The Kier molecular flexibility index (Phi) is 4.68. The average molecular weight is 282 g/mol. The second-order valence-electron chi connectivity index (χ2n) is 6.44. The summed E-state index contributed by atoms with van der Waals surface area (Å²) >= 11 is 0. The number of likely N-dealkylation sites (tertiary alicyclic amines) is 1. The number of carboxylic acid groups (broad SMARTS) is 1. The lowest BCUT2D eigenvalue weighted by atomic mass is 9.75. The quantitative estimate of drug-likeness (QED) is 0.823. The summed E-state index contributed by atoms with van der Waals surface area (Å²) in [5.74, 6) is -0.802. The van der Waals surface area contributed by atoms with Gasteiger partial charge in [0.05, 0.1) is 5.92 Å². The first-order chi connectivity index (χ1) is 9.43. The molecule has 0 aromatic rings. The van der Waals surface area contributed by atoms with Crippen LogP contribution in [0.5, 0.6) is 0 Å². The van der Waals surface area contributed by atoms with Gasteiger partial charge in [-0.05, 0) is 38.5 Å². The van der Waals surface area contributed by atoms with Crippen LogP contribution in [0.2, 0.25) is 0 Å². The number of fused-ring (bicyclic) bond motifs is 1. The topological polar surface area (TPSA) is 83.6 Å². The monoisotopic (exact) mass is 282 g/mol. The first-order valence-electron chi connectivity index (χ1n) is 7.74. The molecule has 2 fully saturated rings. The van der Waals surface area contributed by atoms with E-state index in [0.717, 1.165) is 25.7 Å². The maximum Gasteiger partial charge on any atom is 0.326 e. The van der Waals surface area contributed by atoms with Crippen molar-refractivity contribution in [2.75, 3.05) is 0 Å². The molecule has 3 N–H and O–H groups in total. The molecule has 0 radical (unpaired) electrons. The number of carboxylic acids is 1. The van der Waals surface area contributed by atoms with E-state index in [4.69, 9.17) is 5.73 Å². The summed E-state index contributed by atoms with van der Waals surface area (Å²) in [6.07, 6.45) is 5.85. The number of carbonyl (C=O) groups is 2. The smallest absolute Gasteiger partial charge is 0.326 e. The van der Waals surface area contributed by atoms with Crippen LogP contribution in [0.15, 0.2) is 0 Å². The van der Waals surface area contributed by atoms with E-state index in [9.17, 15) is 14.7 Å². The Morgan fingerprint density at radius 1 is 1.15 bits per heavy atom. The number of hydrogen-bond donors (Lipinski definition) is 2. The molecular formula is C15H26N2O3. The molecule has 0 aromatic carbocycles. The van der Waals surface area contributed by atoms with Gasteiger partial charge in [-0.3, -0.25) is 4.79 Å². The zero-order valence-corrected chi connectivity index (χ0v) is 12.4. The van der Waals surface area contributed by atoms with Gasteiger partial charge in [0.25, 0.3) is 0 Å². The van der Waals surface area contributed by atoms with Crippen LogP contribution in [0.3, 0.4) is 0 Å². The summed E-state index contributed by atoms with van der Waals surface area (Å²) in [7, 11) is 0. The second-order valence-corrected chi connectivity index (χ2v) is 6.44. The Labute approximate surface area is 120 Å². The first kappa shape index (κ1) is 15.3. The van der Waals surface area contributed by atoms with Crippen LogP contribution in [0.25, 0.3) is 0 Å². The van der Waals surface area contributed by atoms with Gasteiger partial charge in [-0.2, -0.15) is 0 Å². The highest BCUT2D eigenvalue weighted by atomic mass is 16.4. The third-order valence-corrected chi connectivity index (χ3v) is 5.09. The number of aliphatic carboxylic acids is 1. The molecule has 2 aliphatic rings. The fourth-order valence-electron chi connectivity index (χ4n) is 3.65. The van der Waals surface area contributed by atoms with Crippen LogP contribution in [-0.2, 0) is 9.59 Å². The molecule has 1 heterocycles. The number of hydrogen-bond acceptors (Lipinski definition) is 3. The number of piperidine rings is 1. The standard InChI is InChI=1S/C15H26N2O3/c1-9(10(2)16)14(18)17-12-6-4-3-5-11(12)7-8-13(17)15(19)20/h9-13H,3-8,16H2,1-2H3,(H,19,20). The van der Waals surface area contributed by atoms with Crippen molar-refractivity contribution >= 4 is 11.9 Å². The van der Waals surface area contributed by atoms with E-state index < -0.39 is 12.0 Å². The summed E-state index contributed by atoms with van der Waals surface area (Å²) in [4.78, 5) is 25.9. The molecule has 5 atom stereocenters. The van der Waals surface area contributed by atoms with Gasteiger partial charge in [0.1, 0.15) is 6.04 Å². The molecule has 5 heteroatoms. The van der Waals surface area contributed by atoms with Gasteiger partial charge in [-0.25, -0.2) is 4.79 Å². The molecular weight excluding hydrogens is 256 g/mol.